The van der Waals surface area contributed by atoms with Crippen molar-refractivity contribution in [3.8, 4) is 11.4 Å². The highest BCUT2D eigenvalue weighted by atomic mass is 16.5. The van der Waals surface area contributed by atoms with Gasteiger partial charge in [0.25, 0.3) is 0 Å². The summed E-state index contributed by atoms with van der Waals surface area (Å²) in [7, 11) is 0. The van der Waals surface area contributed by atoms with Gasteiger partial charge >= 0.3 is 6.03 Å². The number of hydrogen-bond donors (Lipinski definition) is 4. The van der Waals surface area contributed by atoms with Gasteiger partial charge in [-0.1, -0.05) is 12.1 Å². The normalized spacial score (nSPS) is 16.3. The number of carbonyl (C=O) groups is 1. The number of rotatable bonds is 5. The van der Waals surface area contributed by atoms with Crippen LogP contribution in [-0.4, -0.2) is 51.7 Å². The number of urea groups is 1. The van der Waals surface area contributed by atoms with E-state index in [1.807, 2.05) is 32.0 Å². The molecule has 1 aliphatic rings. The fourth-order valence-electron chi connectivity index (χ4n) is 3.18. The first-order valence-electron chi connectivity index (χ1n) is 8.79. The molecule has 0 saturated carbocycles. The summed E-state index contributed by atoms with van der Waals surface area (Å²) in [6, 6.07) is 5.42. The molecule has 0 radical (unpaired) electrons. The third kappa shape index (κ3) is 4.20. The quantitative estimate of drug-likeness (QED) is 0.653. The molecule has 2 aromatic rings. The lowest BCUT2D eigenvalue weighted by Crippen LogP contribution is -2.53. The first kappa shape index (κ1) is 18.3. The lowest BCUT2D eigenvalue weighted by atomic mass is 9.87. The molecule has 8 nitrogen and oxygen atoms in total. The SMILES string of the molecule is Cc1nc(-c2ccc(C)c(NC(=O)NC3(CCO)CCOCC3)c2)n[nH]1. The fourth-order valence-corrected chi connectivity index (χ4v) is 3.18. The van der Waals surface area contributed by atoms with Crippen LogP contribution < -0.4 is 10.6 Å². The summed E-state index contributed by atoms with van der Waals surface area (Å²) >= 11 is 0. The van der Waals surface area contributed by atoms with Gasteiger partial charge in [0.05, 0.1) is 0 Å². The van der Waals surface area contributed by atoms with Crippen LogP contribution in [-0.2, 0) is 4.74 Å². The smallest absolute Gasteiger partial charge is 0.319 e. The van der Waals surface area contributed by atoms with Gasteiger partial charge in [0.1, 0.15) is 5.82 Å². The van der Waals surface area contributed by atoms with Gasteiger partial charge in [0, 0.05) is 36.6 Å². The summed E-state index contributed by atoms with van der Waals surface area (Å²) in [4.78, 5) is 16.9. The molecular formula is C18H25N5O3. The number of amides is 2. The molecule has 0 aliphatic carbocycles. The molecule has 0 bridgehead atoms. The van der Waals surface area contributed by atoms with Crippen LogP contribution >= 0.6 is 0 Å². The average molecular weight is 359 g/mol. The van der Waals surface area contributed by atoms with Crippen molar-refractivity contribution < 1.29 is 14.6 Å². The zero-order chi connectivity index (χ0) is 18.6. The second-order valence-corrected chi connectivity index (χ2v) is 6.72. The van der Waals surface area contributed by atoms with Gasteiger partial charge < -0.3 is 20.5 Å². The van der Waals surface area contributed by atoms with Crippen molar-refractivity contribution in [1.29, 1.82) is 0 Å². The maximum Gasteiger partial charge on any atom is 0.319 e. The number of ether oxygens (including phenoxy) is 1. The van der Waals surface area contributed by atoms with Crippen LogP contribution in [0, 0.1) is 13.8 Å². The number of nitrogens with one attached hydrogen (secondary N) is 3. The van der Waals surface area contributed by atoms with Crippen LogP contribution in [0.1, 0.15) is 30.7 Å². The van der Waals surface area contributed by atoms with Gasteiger partial charge in [0.2, 0.25) is 0 Å². The Labute approximate surface area is 152 Å². The minimum absolute atomic E-state index is 0.0268. The predicted molar refractivity (Wildman–Crippen MR) is 97.9 cm³/mol. The fraction of sp³-hybridized carbons (Fsp3) is 0.500. The largest absolute Gasteiger partial charge is 0.396 e. The third-order valence-electron chi connectivity index (χ3n) is 4.76. The number of aliphatic hydroxyl groups is 1. The first-order chi connectivity index (χ1) is 12.5. The number of aromatic nitrogens is 3. The topological polar surface area (TPSA) is 112 Å². The Morgan fingerprint density at radius 3 is 2.77 bits per heavy atom. The van der Waals surface area contributed by atoms with Crippen molar-refractivity contribution >= 4 is 11.7 Å². The van der Waals surface area contributed by atoms with E-state index in [0.717, 1.165) is 17.0 Å². The van der Waals surface area contributed by atoms with Crippen LogP contribution in [0.2, 0.25) is 0 Å². The van der Waals surface area contributed by atoms with Crippen LogP contribution in [0.3, 0.4) is 0 Å². The molecule has 26 heavy (non-hydrogen) atoms. The maximum absolute atomic E-state index is 12.6. The summed E-state index contributed by atoms with van der Waals surface area (Å²) in [6.45, 7) is 4.96. The zero-order valence-corrected chi connectivity index (χ0v) is 15.1. The van der Waals surface area contributed by atoms with Crippen molar-refractivity contribution in [3.63, 3.8) is 0 Å². The van der Waals surface area contributed by atoms with Gasteiger partial charge in [-0.15, -0.1) is 0 Å². The minimum atomic E-state index is -0.427. The number of carbonyl (C=O) groups excluding carboxylic acids is 1. The van der Waals surface area contributed by atoms with Gasteiger partial charge in [-0.3, -0.25) is 5.10 Å². The van der Waals surface area contributed by atoms with Gasteiger partial charge in [-0.25, -0.2) is 9.78 Å². The summed E-state index contributed by atoms with van der Waals surface area (Å²) in [5.74, 6) is 1.32. The van der Waals surface area contributed by atoms with E-state index in [0.29, 0.717) is 44.0 Å². The molecule has 0 atom stereocenters. The Balaban J connectivity index is 1.74. The zero-order valence-electron chi connectivity index (χ0n) is 15.1. The number of anilines is 1. The highest BCUT2D eigenvalue weighted by Gasteiger charge is 2.33. The summed E-state index contributed by atoms with van der Waals surface area (Å²) < 4.78 is 5.39. The summed E-state index contributed by atoms with van der Waals surface area (Å²) in [6.07, 6.45) is 1.90. The molecule has 1 aromatic heterocycles. The molecule has 2 amide bonds. The van der Waals surface area contributed by atoms with E-state index in [-0.39, 0.29) is 12.6 Å². The van der Waals surface area contributed by atoms with Crippen molar-refractivity contribution in [2.75, 3.05) is 25.1 Å². The van der Waals surface area contributed by atoms with E-state index in [2.05, 4.69) is 25.8 Å². The number of H-pyrrole nitrogens is 1. The lowest BCUT2D eigenvalue weighted by molar-refractivity contribution is 0.0330. The highest BCUT2D eigenvalue weighted by molar-refractivity contribution is 5.91. The van der Waals surface area contributed by atoms with Crippen LogP contribution in [0.25, 0.3) is 11.4 Å². The Kier molecular flexibility index (Phi) is 5.53. The first-order valence-corrected chi connectivity index (χ1v) is 8.79. The van der Waals surface area contributed by atoms with E-state index in [1.54, 1.807) is 0 Å². The summed E-state index contributed by atoms with van der Waals surface area (Å²) in [5.41, 5.74) is 2.04. The Hall–Kier alpha value is -2.45. The standard InChI is InChI=1S/C18H25N5O3/c1-12-3-4-14(16-19-13(2)22-23-16)11-15(12)20-17(25)21-18(5-8-24)6-9-26-10-7-18/h3-4,11,24H,5-10H2,1-2H3,(H,19,22,23)(H2,20,21,25). The van der Waals surface area contributed by atoms with Crippen molar-refractivity contribution in [3.05, 3.63) is 29.6 Å². The third-order valence-corrected chi connectivity index (χ3v) is 4.76. The second kappa shape index (κ2) is 7.84. The number of benzene rings is 1. The van der Waals surface area contributed by atoms with E-state index in [1.165, 1.54) is 0 Å². The van der Waals surface area contributed by atoms with Crippen molar-refractivity contribution in [2.45, 2.75) is 38.6 Å². The number of nitrogens with zero attached hydrogens (tertiary/aromatic N) is 2. The molecule has 1 aliphatic heterocycles. The maximum atomic E-state index is 12.6. The molecule has 2 heterocycles. The van der Waals surface area contributed by atoms with Gasteiger partial charge in [-0.2, -0.15) is 5.10 Å². The van der Waals surface area contributed by atoms with Gasteiger partial charge in [0.15, 0.2) is 5.82 Å². The predicted octanol–water partition coefficient (Wildman–Crippen LogP) is 2.14. The van der Waals surface area contributed by atoms with Crippen LogP contribution in [0.5, 0.6) is 0 Å². The van der Waals surface area contributed by atoms with E-state index >= 15 is 0 Å². The highest BCUT2D eigenvalue weighted by Crippen LogP contribution is 2.26. The molecular weight excluding hydrogens is 334 g/mol. The number of aryl methyl sites for hydroxylation is 2. The molecule has 1 saturated heterocycles. The van der Waals surface area contributed by atoms with Crippen molar-refractivity contribution in [2.24, 2.45) is 0 Å². The lowest BCUT2D eigenvalue weighted by Gasteiger charge is -2.37. The number of aromatic amines is 1. The number of aliphatic hydroxyl groups excluding tert-OH is 1. The molecule has 3 rings (SSSR count). The Bertz CT molecular complexity index is 762. The Morgan fingerprint density at radius 2 is 2.12 bits per heavy atom. The molecule has 0 spiro atoms. The Morgan fingerprint density at radius 1 is 1.35 bits per heavy atom. The van der Waals surface area contributed by atoms with Gasteiger partial charge in [-0.05, 0) is 44.7 Å². The molecule has 1 fully saturated rings. The second-order valence-electron chi connectivity index (χ2n) is 6.72. The van der Waals surface area contributed by atoms with Crippen LogP contribution in [0.4, 0.5) is 10.5 Å². The molecule has 1 aromatic carbocycles. The minimum Gasteiger partial charge on any atom is -0.396 e. The van der Waals surface area contributed by atoms with E-state index in [9.17, 15) is 9.90 Å². The molecule has 140 valence electrons. The van der Waals surface area contributed by atoms with E-state index < -0.39 is 5.54 Å². The van der Waals surface area contributed by atoms with Crippen molar-refractivity contribution in [1.82, 2.24) is 20.5 Å². The average Bonchev–Trinajstić information content (AvgIpc) is 3.04. The molecule has 8 heteroatoms. The van der Waals surface area contributed by atoms with E-state index in [4.69, 9.17) is 4.74 Å². The summed E-state index contributed by atoms with van der Waals surface area (Å²) in [5, 5.41) is 22.3. The molecule has 4 N–H and O–H groups in total. The van der Waals surface area contributed by atoms with Crippen LogP contribution in [0.15, 0.2) is 18.2 Å². The monoisotopic (exact) mass is 359 g/mol. The number of hydrogen-bond acceptors (Lipinski definition) is 5. The molecule has 0 unspecified atom stereocenters.